The van der Waals surface area contributed by atoms with Gasteiger partial charge in [0.25, 0.3) is 5.91 Å². The molecule has 0 aliphatic rings. The summed E-state index contributed by atoms with van der Waals surface area (Å²) in [5.74, 6) is 0.373. The highest BCUT2D eigenvalue weighted by Crippen LogP contribution is 2.22. The van der Waals surface area contributed by atoms with Crippen molar-refractivity contribution in [3.63, 3.8) is 0 Å². The number of benzene rings is 2. The van der Waals surface area contributed by atoms with E-state index in [2.05, 4.69) is 5.32 Å². The zero-order chi connectivity index (χ0) is 19.3. The van der Waals surface area contributed by atoms with Crippen molar-refractivity contribution in [3.05, 3.63) is 54.1 Å². The molecule has 0 fully saturated rings. The molecule has 2 rings (SSSR count). The second-order valence-corrected chi connectivity index (χ2v) is 8.01. The average Bonchev–Trinajstić information content (AvgIpc) is 2.60. The summed E-state index contributed by atoms with van der Waals surface area (Å²) >= 11 is 0. The molecule has 0 saturated carbocycles. The third kappa shape index (κ3) is 4.98. The second kappa shape index (κ2) is 8.23. The van der Waals surface area contributed by atoms with Crippen LogP contribution in [0.25, 0.3) is 0 Å². The van der Waals surface area contributed by atoms with E-state index < -0.39 is 16.1 Å². The number of rotatable bonds is 7. The van der Waals surface area contributed by atoms with Gasteiger partial charge in [0.15, 0.2) is 6.10 Å². The fraction of sp³-hybridized carbons (Fsp3) is 0.316. The first kappa shape index (κ1) is 19.8. The molecule has 1 unspecified atom stereocenters. The first-order valence-electron chi connectivity index (χ1n) is 8.31. The van der Waals surface area contributed by atoms with Crippen LogP contribution in [0.2, 0.25) is 0 Å². The number of carbonyl (C=O) groups is 1. The van der Waals surface area contributed by atoms with Gasteiger partial charge in [0.1, 0.15) is 5.75 Å². The number of sulfonamides is 1. The van der Waals surface area contributed by atoms with Crippen molar-refractivity contribution in [1.82, 2.24) is 0 Å². The van der Waals surface area contributed by atoms with Gasteiger partial charge in [0, 0.05) is 12.7 Å². The first-order chi connectivity index (χ1) is 12.2. The van der Waals surface area contributed by atoms with Crippen molar-refractivity contribution in [2.45, 2.75) is 26.4 Å². The number of aryl methyl sites for hydroxylation is 1. The molecule has 0 bridgehead atoms. The molecule has 1 atom stereocenters. The average molecular weight is 376 g/mol. The van der Waals surface area contributed by atoms with E-state index in [1.807, 2.05) is 31.2 Å². The summed E-state index contributed by atoms with van der Waals surface area (Å²) in [5.41, 5.74) is 2.00. The Kier molecular flexibility index (Phi) is 6.26. The predicted molar refractivity (Wildman–Crippen MR) is 104 cm³/mol. The highest BCUT2D eigenvalue weighted by molar-refractivity contribution is 7.92. The van der Waals surface area contributed by atoms with Crippen LogP contribution in [0, 0.1) is 0 Å². The van der Waals surface area contributed by atoms with E-state index in [4.69, 9.17) is 4.74 Å². The summed E-state index contributed by atoms with van der Waals surface area (Å²) in [5, 5.41) is 2.76. The molecule has 2 aromatic carbocycles. The van der Waals surface area contributed by atoms with Crippen LogP contribution in [-0.2, 0) is 21.2 Å². The molecule has 0 aromatic heterocycles. The zero-order valence-corrected chi connectivity index (χ0v) is 16.2. The lowest BCUT2D eigenvalue weighted by Crippen LogP contribution is -2.30. The molecule has 2 aromatic rings. The van der Waals surface area contributed by atoms with Gasteiger partial charge in [0.05, 0.1) is 11.9 Å². The number of amides is 1. The Morgan fingerprint density at radius 3 is 2.54 bits per heavy atom. The van der Waals surface area contributed by atoms with E-state index in [-0.39, 0.29) is 5.91 Å². The maximum atomic E-state index is 12.4. The molecule has 1 N–H and O–H groups in total. The van der Waals surface area contributed by atoms with Gasteiger partial charge in [-0.2, -0.15) is 0 Å². The summed E-state index contributed by atoms with van der Waals surface area (Å²) in [6.07, 6.45) is 1.24. The van der Waals surface area contributed by atoms with Crippen LogP contribution in [0.15, 0.2) is 48.5 Å². The molecule has 0 aliphatic heterocycles. The van der Waals surface area contributed by atoms with Gasteiger partial charge in [-0.1, -0.05) is 31.2 Å². The number of ether oxygens (including phenoxy) is 1. The van der Waals surface area contributed by atoms with E-state index in [0.717, 1.165) is 22.5 Å². The number of nitrogens with zero attached hydrogens (tertiary/aromatic N) is 1. The fourth-order valence-electron chi connectivity index (χ4n) is 2.37. The third-order valence-corrected chi connectivity index (χ3v) is 5.21. The van der Waals surface area contributed by atoms with Crippen molar-refractivity contribution in [1.29, 1.82) is 0 Å². The molecule has 0 heterocycles. The molecule has 0 radical (unpaired) electrons. The minimum atomic E-state index is -3.37. The molecule has 7 heteroatoms. The zero-order valence-electron chi connectivity index (χ0n) is 15.4. The number of nitrogens with one attached hydrogen (secondary N) is 1. The van der Waals surface area contributed by atoms with Gasteiger partial charge >= 0.3 is 0 Å². The Morgan fingerprint density at radius 1 is 1.19 bits per heavy atom. The monoisotopic (exact) mass is 376 g/mol. The van der Waals surface area contributed by atoms with Gasteiger partial charge < -0.3 is 10.1 Å². The van der Waals surface area contributed by atoms with Crippen molar-refractivity contribution in [3.8, 4) is 5.75 Å². The molecular weight excluding hydrogens is 352 g/mol. The lowest BCUT2D eigenvalue weighted by atomic mass is 10.1. The Labute approximate surface area is 154 Å². The molecule has 6 nitrogen and oxygen atoms in total. The summed E-state index contributed by atoms with van der Waals surface area (Å²) < 4.78 is 30.2. The quantitative estimate of drug-likeness (QED) is 0.806. The van der Waals surface area contributed by atoms with Crippen LogP contribution in [0.5, 0.6) is 5.75 Å². The van der Waals surface area contributed by atoms with Crippen LogP contribution in [-0.4, -0.2) is 33.7 Å². The molecule has 26 heavy (non-hydrogen) atoms. The molecule has 0 aliphatic carbocycles. The fourth-order valence-corrected chi connectivity index (χ4v) is 2.87. The van der Waals surface area contributed by atoms with E-state index in [0.29, 0.717) is 17.1 Å². The number of carbonyl (C=O) groups excluding carboxylic acids is 1. The SMILES string of the molecule is CCc1ccccc1OC(C)C(=O)Nc1cccc(N(C)S(C)(=O)=O)c1. The Hall–Kier alpha value is -2.54. The third-order valence-electron chi connectivity index (χ3n) is 4.00. The predicted octanol–water partition coefficient (Wildman–Crippen LogP) is 3.05. The van der Waals surface area contributed by atoms with Gasteiger partial charge in [-0.15, -0.1) is 0 Å². The highest BCUT2D eigenvalue weighted by atomic mass is 32.2. The summed E-state index contributed by atoms with van der Waals surface area (Å²) in [7, 11) is -1.91. The largest absolute Gasteiger partial charge is 0.481 e. The summed E-state index contributed by atoms with van der Waals surface area (Å²) in [4.78, 5) is 12.4. The van der Waals surface area contributed by atoms with Crippen molar-refractivity contribution in [2.75, 3.05) is 22.9 Å². The molecule has 0 spiro atoms. The first-order valence-corrected chi connectivity index (χ1v) is 10.2. The standard InChI is InChI=1S/C19H24N2O4S/c1-5-15-9-6-7-12-18(15)25-14(2)19(22)20-16-10-8-11-17(13-16)21(3)26(4,23)24/h6-14H,5H2,1-4H3,(H,20,22). The molecule has 1 amide bonds. The van der Waals surface area contributed by atoms with Crippen molar-refractivity contribution in [2.24, 2.45) is 0 Å². The second-order valence-electron chi connectivity index (χ2n) is 5.99. The number of hydrogen-bond donors (Lipinski definition) is 1. The van der Waals surface area contributed by atoms with Crippen LogP contribution >= 0.6 is 0 Å². The van der Waals surface area contributed by atoms with Gasteiger partial charge in [-0.3, -0.25) is 9.10 Å². The Morgan fingerprint density at radius 2 is 1.88 bits per heavy atom. The van der Waals surface area contributed by atoms with Crippen molar-refractivity contribution >= 4 is 27.3 Å². The Bertz CT molecular complexity index is 881. The minimum absolute atomic E-state index is 0.310. The topological polar surface area (TPSA) is 75.7 Å². The number of anilines is 2. The minimum Gasteiger partial charge on any atom is -0.481 e. The molecule has 140 valence electrons. The van der Waals surface area contributed by atoms with E-state index in [1.54, 1.807) is 31.2 Å². The number of para-hydroxylation sites is 1. The van der Waals surface area contributed by atoms with Crippen LogP contribution in [0.1, 0.15) is 19.4 Å². The van der Waals surface area contributed by atoms with E-state index >= 15 is 0 Å². The van der Waals surface area contributed by atoms with Gasteiger partial charge in [-0.05, 0) is 43.2 Å². The highest BCUT2D eigenvalue weighted by Gasteiger charge is 2.17. The van der Waals surface area contributed by atoms with Gasteiger partial charge in [0.2, 0.25) is 10.0 Å². The summed E-state index contributed by atoms with van der Waals surface area (Å²) in [6, 6.07) is 14.2. The van der Waals surface area contributed by atoms with E-state index in [9.17, 15) is 13.2 Å². The lowest BCUT2D eigenvalue weighted by molar-refractivity contribution is -0.122. The molecule has 0 saturated heterocycles. The lowest BCUT2D eigenvalue weighted by Gasteiger charge is -2.19. The maximum absolute atomic E-state index is 12.4. The van der Waals surface area contributed by atoms with Gasteiger partial charge in [-0.25, -0.2) is 8.42 Å². The normalized spacial score (nSPS) is 12.3. The molecular formula is C19H24N2O4S. The summed E-state index contributed by atoms with van der Waals surface area (Å²) in [6.45, 7) is 3.70. The maximum Gasteiger partial charge on any atom is 0.265 e. The van der Waals surface area contributed by atoms with Crippen LogP contribution in [0.4, 0.5) is 11.4 Å². The Balaban J connectivity index is 2.10. The van der Waals surface area contributed by atoms with E-state index in [1.165, 1.54) is 7.05 Å². The smallest absolute Gasteiger partial charge is 0.265 e. The number of hydrogen-bond acceptors (Lipinski definition) is 4. The van der Waals surface area contributed by atoms with Crippen LogP contribution in [0.3, 0.4) is 0 Å². The van der Waals surface area contributed by atoms with Crippen molar-refractivity contribution < 1.29 is 17.9 Å². The van der Waals surface area contributed by atoms with Crippen LogP contribution < -0.4 is 14.4 Å².